The van der Waals surface area contributed by atoms with Crippen LogP contribution >= 0.6 is 0 Å². The highest BCUT2D eigenvalue weighted by atomic mass is 16.3. The Balaban J connectivity index is 1.41. The smallest absolute Gasteiger partial charge is 0.289 e. The largest absolute Gasteiger partial charge is 0.459 e. The topological polar surface area (TPSA) is 60.2 Å². The maximum absolute atomic E-state index is 13.1. The molecule has 0 saturated carbocycles. The number of hydrogen-bond donors (Lipinski definition) is 0. The lowest BCUT2D eigenvalue weighted by molar-refractivity contribution is -0.131. The van der Waals surface area contributed by atoms with Crippen LogP contribution in [-0.4, -0.2) is 74.0 Å². The zero-order chi connectivity index (χ0) is 20.4. The fourth-order valence-corrected chi connectivity index (χ4v) is 4.13. The van der Waals surface area contributed by atoms with E-state index < -0.39 is 0 Å². The predicted octanol–water partition coefficient (Wildman–Crippen LogP) is 2.30. The summed E-state index contributed by atoms with van der Waals surface area (Å²) in [5.41, 5.74) is 2.28. The minimum absolute atomic E-state index is 0.111. The number of furan rings is 1. The SMILES string of the molecule is CC1CCN(C)c2ccccc2N1CC(=O)N1CCN(C(=O)c2ccco2)CC1. The van der Waals surface area contributed by atoms with Crippen LogP contribution in [0.2, 0.25) is 0 Å². The van der Waals surface area contributed by atoms with Gasteiger partial charge < -0.3 is 24.0 Å². The lowest BCUT2D eigenvalue weighted by Gasteiger charge is -2.37. The van der Waals surface area contributed by atoms with Gasteiger partial charge in [-0.2, -0.15) is 0 Å². The molecule has 2 amide bonds. The Kier molecular flexibility index (Phi) is 5.47. The van der Waals surface area contributed by atoms with Crippen molar-refractivity contribution in [1.82, 2.24) is 9.80 Å². The molecule has 0 N–H and O–H groups in total. The van der Waals surface area contributed by atoms with E-state index in [1.807, 2.05) is 17.0 Å². The highest BCUT2D eigenvalue weighted by Gasteiger charge is 2.30. The van der Waals surface area contributed by atoms with E-state index >= 15 is 0 Å². The van der Waals surface area contributed by atoms with Gasteiger partial charge in [0.15, 0.2) is 5.76 Å². The minimum atomic E-state index is -0.111. The van der Waals surface area contributed by atoms with Gasteiger partial charge >= 0.3 is 0 Å². The van der Waals surface area contributed by atoms with E-state index in [1.54, 1.807) is 17.0 Å². The fraction of sp³-hybridized carbons (Fsp3) is 0.455. The van der Waals surface area contributed by atoms with Crippen LogP contribution in [0.5, 0.6) is 0 Å². The Hall–Kier alpha value is -2.96. The number of anilines is 2. The Labute approximate surface area is 171 Å². The first kappa shape index (κ1) is 19.4. The molecule has 0 bridgehead atoms. The summed E-state index contributed by atoms with van der Waals surface area (Å²) in [4.78, 5) is 33.6. The van der Waals surface area contributed by atoms with Crippen molar-refractivity contribution < 1.29 is 14.0 Å². The molecule has 1 fully saturated rings. The van der Waals surface area contributed by atoms with Gasteiger partial charge in [0, 0.05) is 45.8 Å². The second kappa shape index (κ2) is 8.19. The van der Waals surface area contributed by atoms with Crippen LogP contribution in [0, 0.1) is 0 Å². The third kappa shape index (κ3) is 3.95. The fourth-order valence-electron chi connectivity index (χ4n) is 4.13. The summed E-state index contributed by atoms with van der Waals surface area (Å²) < 4.78 is 5.21. The van der Waals surface area contributed by atoms with Crippen molar-refractivity contribution in [2.24, 2.45) is 0 Å². The molecule has 7 heteroatoms. The second-order valence-electron chi connectivity index (χ2n) is 7.83. The number of fused-ring (bicyclic) bond motifs is 1. The van der Waals surface area contributed by atoms with Crippen molar-refractivity contribution in [1.29, 1.82) is 0 Å². The molecule has 29 heavy (non-hydrogen) atoms. The minimum Gasteiger partial charge on any atom is -0.459 e. The van der Waals surface area contributed by atoms with Crippen LogP contribution in [-0.2, 0) is 4.79 Å². The molecule has 2 aliphatic heterocycles. The van der Waals surface area contributed by atoms with Crippen molar-refractivity contribution in [2.45, 2.75) is 19.4 Å². The quantitative estimate of drug-likeness (QED) is 0.797. The van der Waals surface area contributed by atoms with E-state index in [-0.39, 0.29) is 17.9 Å². The van der Waals surface area contributed by atoms with Crippen LogP contribution in [0.3, 0.4) is 0 Å². The third-order valence-corrected chi connectivity index (χ3v) is 5.97. The molecule has 0 radical (unpaired) electrons. The van der Waals surface area contributed by atoms with E-state index in [1.165, 1.54) is 12.0 Å². The van der Waals surface area contributed by atoms with Gasteiger partial charge in [0.2, 0.25) is 5.91 Å². The predicted molar refractivity (Wildman–Crippen MR) is 112 cm³/mol. The normalized spacial score (nSPS) is 19.7. The van der Waals surface area contributed by atoms with E-state index in [0.29, 0.717) is 38.5 Å². The molecule has 2 aliphatic rings. The number of carbonyl (C=O) groups excluding carboxylic acids is 2. The van der Waals surface area contributed by atoms with Gasteiger partial charge in [-0.15, -0.1) is 0 Å². The lowest BCUT2D eigenvalue weighted by Crippen LogP contribution is -2.53. The van der Waals surface area contributed by atoms with Gasteiger partial charge in [0.25, 0.3) is 5.91 Å². The molecule has 0 spiro atoms. The lowest BCUT2D eigenvalue weighted by atomic mass is 10.1. The highest BCUT2D eigenvalue weighted by molar-refractivity contribution is 5.91. The molecule has 0 aliphatic carbocycles. The van der Waals surface area contributed by atoms with Crippen LogP contribution < -0.4 is 9.80 Å². The molecular formula is C22H28N4O3. The van der Waals surface area contributed by atoms with Crippen molar-refractivity contribution >= 4 is 23.2 Å². The summed E-state index contributed by atoms with van der Waals surface area (Å²) >= 11 is 0. The van der Waals surface area contributed by atoms with E-state index in [0.717, 1.165) is 18.7 Å². The zero-order valence-corrected chi connectivity index (χ0v) is 17.1. The molecule has 1 saturated heterocycles. The molecule has 1 aromatic carbocycles. The Bertz CT molecular complexity index is 859. The van der Waals surface area contributed by atoms with Crippen LogP contribution in [0.25, 0.3) is 0 Å². The average molecular weight is 396 g/mol. The van der Waals surface area contributed by atoms with Crippen LogP contribution in [0.15, 0.2) is 47.1 Å². The van der Waals surface area contributed by atoms with E-state index in [9.17, 15) is 9.59 Å². The molecule has 154 valence electrons. The first-order chi connectivity index (χ1) is 14.0. The third-order valence-electron chi connectivity index (χ3n) is 5.97. The van der Waals surface area contributed by atoms with Gasteiger partial charge in [-0.25, -0.2) is 0 Å². The Morgan fingerprint density at radius 1 is 0.966 bits per heavy atom. The Morgan fingerprint density at radius 3 is 2.34 bits per heavy atom. The average Bonchev–Trinajstić information content (AvgIpc) is 3.26. The van der Waals surface area contributed by atoms with E-state index in [2.05, 4.69) is 35.9 Å². The molecule has 1 atom stereocenters. The molecule has 4 rings (SSSR count). The summed E-state index contributed by atoms with van der Waals surface area (Å²) in [6, 6.07) is 12.0. The number of rotatable bonds is 3. The van der Waals surface area contributed by atoms with E-state index in [4.69, 9.17) is 4.42 Å². The molecule has 3 heterocycles. The summed E-state index contributed by atoms with van der Waals surface area (Å²) in [7, 11) is 2.10. The maximum Gasteiger partial charge on any atom is 0.289 e. The van der Waals surface area contributed by atoms with Crippen molar-refractivity contribution in [3.63, 3.8) is 0 Å². The number of piperazine rings is 1. The molecule has 1 unspecified atom stereocenters. The van der Waals surface area contributed by atoms with Gasteiger partial charge in [0.1, 0.15) is 0 Å². The first-order valence-corrected chi connectivity index (χ1v) is 10.2. The summed E-state index contributed by atoms with van der Waals surface area (Å²) in [6.45, 7) is 5.67. The zero-order valence-electron chi connectivity index (χ0n) is 17.1. The molecule has 2 aromatic rings. The second-order valence-corrected chi connectivity index (χ2v) is 7.83. The molecular weight excluding hydrogens is 368 g/mol. The Morgan fingerprint density at radius 2 is 1.66 bits per heavy atom. The van der Waals surface area contributed by atoms with Gasteiger partial charge in [-0.3, -0.25) is 9.59 Å². The van der Waals surface area contributed by atoms with Crippen molar-refractivity contribution in [3.8, 4) is 0 Å². The van der Waals surface area contributed by atoms with Gasteiger partial charge in [0.05, 0.1) is 24.2 Å². The van der Waals surface area contributed by atoms with Crippen molar-refractivity contribution in [2.75, 3.05) is 56.1 Å². The monoisotopic (exact) mass is 396 g/mol. The number of carbonyl (C=O) groups is 2. The van der Waals surface area contributed by atoms with Crippen molar-refractivity contribution in [3.05, 3.63) is 48.4 Å². The summed E-state index contributed by atoms with van der Waals surface area (Å²) in [6.07, 6.45) is 2.51. The number of hydrogen-bond acceptors (Lipinski definition) is 5. The van der Waals surface area contributed by atoms with Gasteiger partial charge in [-0.05, 0) is 37.6 Å². The first-order valence-electron chi connectivity index (χ1n) is 10.2. The van der Waals surface area contributed by atoms with Crippen LogP contribution in [0.1, 0.15) is 23.9 Å². The highest BCUT2D eigenvalue weighted by Crippen LogP contribution is 2.33. The summed E-state index contributed by atoms with van der Waals surface area (Å²) in [5.74, 6) is 0.352. The molecule has 1 aromatic heterocycles. The molecule has 7 nitrogen and oxygen atoms in total. The number of amides is 2. The van der Waals surface area contributed by atoms with Crippen LogP contribution in [0.4, 0.5) is 11.4 Å². The maximum atomic E-state index is 13.1. The van der Waals surface area contributed by atoms with Gasteiger partial charge in [-0.1, -0.05) is 12.1 Å². The number of nitrogens with zero attached hydrogens (tertiary/aromatic N) is 4. The number of benzene rings is 1. The number of para-hydroxylation sites is 2. The summed E-state index contributed by atoms with van der Waals surface area (Å²) in [5, 5.41) is 0. The standard InChI is InChI=1S/C22H28N4O3/c1-17-9-10-23(2)18-6-3-4-7-19(18)26(17)16-21(27)24-11-13-25(14-12-24)22(28)20-8-5-15-29-20/h3-8,15,17H,9-14,16H2,1-2H3.